The van der Waals surface area contributed by atoms with Gasteiger partial charge in [0.15, 0.2) is 11.2 Å². The second kappa shape index (κ2) is 10.2. The zero-order chi connectivity index (χ0) is 26.9. The molecule has 0 bridgehead atoms. The van der Waals surface area contributed by atoms with Crippen LogP contribution in [0.2, 0.25) is 0 Å². The van der Waals surface area contributed by atoms with Gasteiger partial charge in [-0.3, -0.25) is 18.5 Å². The molecule has 4 rings (SSSR count). The highest BCUT2D eigenvalue weighted by Crippen LogP contribution is 2.23. The largest absolute Gasteiger partial charge is 0.464 e. The van der Waals surface area contributed by atoms with Crippen molar-refractivity contribution in [1.29, 1.82) is 0 Å². The summed E-state index contributed by atoms with van der Waals surface area (Å²) in [5.74, 6) is 7.66. The third kappa shape index (κ3) is 5.58. The third-order valence-corrected chi connectivity index (χ3v) is 6.16. The number of aryl methyl sites for hydroxylation is 2. The summed E-state index contributed by atoms with van der Waals surface area (Å²) in [5.41, 5.74) is -0.941. The molecule has 1 fully saturated rings. The summed E-state index contributed by atoms with van der Waals surface area (Å²) in [5, 5.41) is 2.94. The minimum Gasteiger partial charge on any atom is -0.464 e. The standard InChI is InChI=1S/C26H34N6O5/c1-7-8-14-31-20-21(29(6)25(35)32(22(20)33)16-19-12-11-17(2)36-19)28-23(31)30-13-9-10-18(15-30)27-24(34)37-26(3,4)5/h11-12,18H,9-10,13-16H2,1-6H3,(H,27,34)/t18-/m1/s1. The van der Waals surface area contributed by atoms with Crippen molar-refractivity contribution in [2.75, 3.05) is 18.0 Å². The molecule has 1 atom stereocenters. The molecular weight excluding hydrogens is 476 g/mol. The maximum Gasteiger partial charge on any atom is 0.407 e. The second-order valence-corrected chi connectivity index (χ2v) is 10.3. The van der Waals surface area contributed by atoms with Gasteiger partial charge in [0.05, 0.1) is 13.1 Å². The zero-order valence-corrected chi connectivity index (χ0v) is 22.3. The molecule has 0 aliphatic carbocycles. The van der Waals surface area contributed by atoms with E-state index >= 15 is 0 Å². The van der Waals surface area contributed by atoms with Gasteiger partial charge in [-0.15, -0.1) is 5.92 Å². The lowest BCUT2D eigenvalue weighted by molar-refractivity contribution is 0.0499. The average Bonchev–Trinajstić information content (AvgIpc) is 3.41. The number of piperidine rings is 1. The molecule has 4 heterocycles. The molecule has 1 N–H and O–H groups in total. The number of imidazole rings is 1. The number of rotatable bonds is 5. The quantitative estimate of drug-likeness (QED) is 0.524. The highest BCUT2D eigenvalue weighted by atomic mass is 16.6. The van der Waals surface area contributed by atoms with Crippen molar-refractivity contribution in [3.8, 4) is 11.8 Å². The van der Waals surface area contributed by atoms with E-state index in [9.17, 15) is 14.4 Å². The highest BCUT2D eigenvalue weighted by molar-refractivity contribution is 5.75. The molecule has 0 radical (unpaired) electrons. The number of alkyl carbamates (subject to hydrolysis) is 1. The van der Waals surface area contributed by atoms with Crippen molar-refractivity contribution in [3.63, 3.8) is 0 Å². The van der Waals surface area contributed by atoms with Gasteiger partial charge in [-0.25, -0.2) is 9.59 Å². The first-order valence-electron chi connectivity index (χ1n) is 12.4. The van der Waals surface area contributed by atoms with Crippen LogP contribution < -0.4 is 21.5 Å². The van der Waals surface area contributed by atoms with Crippen LogP contribution in [0, 0.1) is 18.8 Å². The van der Waals surface area contributed by atoms with Crippen LogP contribution in [0.3, 0.4) is 0 Å². The fourth-order valence-corrected chi connectivity index (χ4v) is 4.53. The molecule has 1 aliphatic rings. The summed E-state index contributed by atoms with van der Waals surface area (Å²) < 4.78 is 15.3. The van der Waals surface area contributed by atoms with Gasteiger partial charge in [-0.2, -0.15) is 4.98 Å². The van der Waals surface area contributed by atoms with E-state index in [1.165, 1.54) is 4.57 Å². The molecule has 1 aliphatic heterocycles. The molecule has 198 valence electrons. The SMILES string of the molecule is CC#CCn1c(N2CCC[C@@H](NC(=O)OC(C)(C)C)C2)nc2c1c(=O)n(Cc1ccc(C)o1)c(=O)n2C. The number of furan rings is 1. The number of carbonyl (C=O) groups excluding carboxylic acids is 1. The van der Waals surface area contributed by atoms with Gasteiger partial charge in [0, 0.05) is 26.2 Å². The summed E-state index contributed by atoms with van der Waals surface area (Å²) >= 11 is 0. The third-order valence-electron chi connectivity index (χ3n) is 6.16. The van der Waals surface area contributed by atoms with E-state index in [0.29, 0.717) is 36.1 Å². The van der Waals surface area contributed by atoms with Crippen molar-refractivity contribution in [1.82, 2.24) is 24.0 Å². The van der Waals surface area contributed by atoms with E-state index in [1.54, 1.807) is 30.7 Å². The molecule has 11 nitrogen and oxygen atoms in total. The van der Waals surface area contributed by atoms with Crippen molar-refractivity contribution in [2.45, 2.75) is 72.2 Å². The molecule has 0 spiro atoms. The maximum atomic E-state index is 13.6. The number of nitrogens with zero attached hydrogens (tertiary/aromatic N) is 5. The number of fused-ring (bicyclic) bond motifs is 1. The molecule has 1 saturated heterocycles. The van der Waals surface area contributed by atoms with Crippen molar-refractivity contribution >= 4 is 23.2 Å². The molecular formula is C26H34N6O5. The Balaban J connectivity index is 1.74. The van der Waals surface area contributed by atoms with Crippen LogP contribution in [0.4, 0.5) is 10.7 Å². The minimum atomic E-state index is -0.593. The predicted octanol–water partition coefficient (Wildman–Crippen LogP) is 2.36. The molecule has 0 aromatic carbocycles. The van der Waals surface area contributed by atoms with Crippen LogP contribution in [0.15, 0.2) is 26.1 Å². The second-order valence-electron chi connectivity index (χ2n) is 10.3. The van der Waals surface area contributed by atoms with Crippen molar-refractivity contribution in [2.24, 2.45) is 7.05 Å². The number of hydrogen-bond donors (Lipinski definition) is 1. The van der Waals surface area contributed by atoms with Gasteiger partial charge < -0.3 is 19.4 Å². The van der Waals surface area contributed by atoms with E-state index in [2.05, 4.69) is 17.2 Å². The van der Waals surface area contributed by atoms with Crippen LogP contribution in [-0.2, 0) is 24.9 Å². The van der Waals surface area contributed by atoms with E-state index in [0.717, 1.165) is 17.4 Å². The molecule has 0 unspecified atom stereocenters. The van der Waals surface area contributed by atoms with Gasteiger partial charge in [0.2, 0.25) is 5.95 Å². The molecule has 11 heteroatoms. The summed E-state index contributed by atoms with van der Waals surface area (Å²) in [6.45, 7) is 10.4. The van der Waals surface area contributed by atoms with Crippen LogP contribution in [0.25, 0.3) is 11.2 Å². The van der Waals surface area contributed by atoms with Crippen molar-refractivity contribution < 1.29 is 13.9 Å². The van der Waals surface area contributed by atoms with Gasteiger partial charge >= 0.3 is 11.8 Å². The molecule has 37 heavy (non-hydrogen) atoms. The zero-order valence-electron chi connectivity index (χ0n) is 22.3. The summed E-state index contributed by atoms with van der Waals surface area (Å²) in [6.07, 6.45) is 1.13. The fourth-order valence-electron chi connectivity index (χ4n) is 4.53. The Morgan fingerprint density at radius 2 is 2.03 bits per heavy atom. The Bertz CT molecular complexity index is 1490. The number of anilines is 1. The number of amides is 1. The highest BCUT2D eigenvalue weighted by Gasteiger charge is 2.29. The Kier molecular flexibility index (Phi) is 7.21. The summed E-state index contributed by atoms with van der Waals surface area (Å²) in [7, 11) is 1.60. The average molecular weight is 511 g/mol. The molecule has 3 aromatic rings. The van der Waals surface area contributed by atoms with Gasteiger partial charge in [0.1, 0.15) is 17.1 Å². The molecule has 0 saturated carbocycles. The normalized spacial score (nSPS) is 15.9. The van der Waals surface area contributed by atoms with E-state index in [1.807, 2.05) is 32.6 Å². The molecule has 1 amide bonds. The lowest BCUT2D eigenvalue weighted by Crippen LogP contribution is -2.49. The topological polar surface area (TPSA) is 117 Å². The summed E-state index contributed by atoms with van der Waals surface area (Å²) in [6, 6.07) is 3.39. The first-order chi connectivity index (χ1) is 17.5. The number of ether oxygens (including phenoxy) is 1. The van der Waals surface area contributed by atoms with E-state index in [-0.39, 0.29) is 24.8 Å². The van der Waals surface area contributed by atoms with Crippen LogP contribution >= 0.6 is 0 Å². The van der Waals surface area contributed by atoms with Gasteiger partial charge in [-0.1, -0.05) is 5.92 Å². The Hall–Kier alpha value is -3.94. The Labute approximate surface area is 215 Å². The number of carbonyl (C=O) groups is 1. The first-order valence-corrected chi connectivity index (χ1v) is 12.4. The minimum absolute atomic E-state index is 0.0147. The number of aromatic nitrogens is 4. The Morgan fingerprint density at radius 3 is 2.68 bits per heavy atom. The number of nitrogens with one attached hydrogen (secondary N) is 1. The number of hydrogen-bond acceptors (Lipinski definition) is 7. The monoisotopic (exact) mass is 510 g/mol. The van der Waals surface area contributed by atoms with Crippen LogP contribution in [0.5, 0.6) is 0 Å². The van der Waals surface area contributed by atoms with Gasteiger partial charge in [0.25, 0.3) is 5.56 Å². The Morgan fingerprint density at radius 1 is 1.27 bits per heavy atom. The first kappa shape index (κ1) is 26.1. The van der Waals surface area contributed by atoms with Crippen LogP contribution in [-0.4, -0.2) is 49.5 Å². The lowest BCUT2D eigenvalue weighted by Gasteiger charge is -2.34. The smallest absolute Gasteiger partial charge is 0.407 e. The molecule has 3 aromatic heterocycles. The predicted molar refractivity (Wildman–Crippen MR) is 140 cm³/mol. The van der Waals surface area contributed by atoms with Gasteiger partial charge in [-0.05, 0) is 59.6 Å². The summed E-state index contributed by atoms with van der Waals surface area (Å²) in [4.78, 5) is 45.9. The fraction of sp³-hybridized carbons (Fsp3) is 0.538. The van der Waals surface area contributed by atoms with Crippen LogP contribution in [0.1, 0.15) is 52.1 Å². The lowest BCUT2D eigenvalue weighted by atomic mass is 10.1. The van der Waals surface area contributed by atoms with E-state index in [4.69, 9.17) is 14.1 Å². The maximum absolute atomic E-state index is 13.6. The van der Waals surface area contributed by atoms with E-state index < -0.39 is 22.9 Å². The van der Waals surface area contributed by atoms with Crippen molar-refractivity contribution in [3.05, 3.63) is 44.5 Å².